The molecular weight excluding hydrogens is 531 g/mol. The quantitative estimate of drug-likeness (QED) is 0.209. The topological polar surface area (TPSA) is 55.7 Å². The summed E-state index contributed by atoms with van der Waals surface area (Å²) in [5.41, 5.74) is 7.16. The highest BCUT2D eigenvalue weighted by Gasteiger charge is 2.28. The maximum absolute atomic E-state index is 12.9. The third-order valence-corrected chi connectivity index (χ3v) is 8.41. The summed E-state index contributed by atoms with van der Waals surface area (Å²) in [4.78, 5) is 10.7. The number of allylic oxidation sites excluding steroid dienone is 1. The Bertz CT molecular complexity index is 1500. The second-order valence-electron chi connectivity index (χ2n) is 11.0. The fourth-order valence-electron chi connectivity index (χ4n) is 6.00. The number of hydrogen-bond donors (Lipinski definition) is 1. The molecule has 1 N–H and O–H groups in total. The highest BCUT2D eigenvalue weighted by molar-refractivity contribution is 6.31. The van der Waals surface area contributed by atoms with Crippen molar-refractivity contribution < 1.29 is 4.39 Å². The van der Waals surface area contributed by atoms with E-state index in [1.165, 1.54) is 11.1 Å². The Balaban J connectivity index is 1.33. The minimum Gasteiger partial charge on any atom is -0.346 e. The van der Waals surface area contributed by atoms with Gasteiger partial charge in [0, 0.05) is 18.7 Å². The number of halogens is 2. The van der Waals surface area contributed by atoms with Crippen molar-refractivity contribution in [3.05, 3.63) is 118 Å². The number of aryl methyl sites for hydroxylation is 2. The number of nitrogens with one attached hydrogen (secondary N) is 1. The zero-order valence-corrected chi connectivity index (χ0v) is 24.2. The monoisotopic (exact) mass is 566 g/mol. The molecule has 6 heteroatoms. The van der Waals surface area contributed by atoms with Crippen LogP contribution in [0.2, 0.25) is 0 Å². The SMILES string of the molecule is Cc1[nH]c(CCC(c2ccc(-c3cccc(C#N)c3)cc2)C2CCN(Cc3ccccc3)CC2)nc1/C=C(/Cl)CF. The van der Waals surface area contributed by atoms with Crippen molar-refractivity contribution in [1.82, 2.24) is 14.9 Å². The number of benzene rings is 3. The van der Waals surface area contributed by atoms with Crippen LogP contribution in [0.3, 0.4) is 0 Å². The van der Waals surface area contributed by atoms with E-state index in [1.807, 2.05) is 25.1 Å². The van der Waals surface area contributed by atoms with E-state index < -0.39 is 6.67 Å². The summed E-state index contributed by atoms with van der Waals surface area (Å²) >= 11 is 5.94. The molecule has 1 aliphatic heterocycles. The molecule has 2 heterocycles. The number of aromatic nitrogens is 2. The van der Waals surface area contributed by atoms with Crippen molar-refractivity contribution in [1.29, 1.82) is 5.26 Å². The number of likely N-dealkylation sites (tertiary alicyclic amines) is 1. The van der Waals surface area contributed by atoms with Crippen LogP contribution in [-0.4, -0.2) is 34.6 Å². The molecule has 0 amide bonds. The van der Waals surface area contributed by atoms with Crippen molar-refractivity contribution in [2.24, 2.45) is 5.92 Å². The van der Waals surface area contributed by atoms with E-state index in [0.717, 1.165) is 68.0 Å². The summed E-state index contributed by atoms with van der Waals surface area (Å²) in [5.74, 6) is 1.88. The Morgan fingerprint density at radius 3 is 2.54 bits per heavy atom. The summed E-state index contributed by atoms with van der Waals surface area (Å²) in [6.45, 7) is 4.44. The Labute approximate surface area is 247 Å². The third kappa shape index (κ3) is 7.52. The molecule has 210 valence electrons. The minimum absolute atomic E-state index is 0.159. The number of nitrogens with zero attached hydrogens (tertiary/aromatic N) is 3. The van der Waals surface area contributed by atoms with Gasteiger partial charge >= 0.3 is 0 Å². The van der Waals surface area contributed by atoms with Crippen LogP contribution >= 0.6 is 11.6 Å². The number of aromatic amines is 1. The molecule has 4 aromatic rings. The Kier molecular flexibility index (Phi) is 9.67. The number of rotatable bonds is 10. The highest BCUT2D eigenvalue weighted by atomic mass is 35.5. The van der Waals surface area contributed by atoms with E-state index in [4.69, 9.17) is 16.6 Å². The number of piperidine rings is 1. The molecule has 1 unspecified atom stereocenters. The van der Waals surface area contributed by atoms with Crippen LogP contribution < -0.4 is 0 Å². The second-order valence-corrected chi connectivity index (χ2v) is 11.5. The maximum atomic E-state index is 12.9. The van der Waals surface area contributed by atoms with Gasteiger partial charge in [0.25, 0.3) is 0 Å². The molecule has 41 heavy (non-hydrogen) atoms. The van der Waals surface area contributed by atoms with Crippen molar-refractivity contribution in [2.45, 2.75) is 45.1 Å². The molecule has 4 nitrogen and oxygen atoms in total. The molecule has 0 spiro atoms. The second kappa shape index (κ2) is 13.8. The van der Waals surface area contributed by atoms with Crippen molar-refractivity contribution >= 4 is 17.7 Å². The Morgan fingerprint density at radius 1 is 1.07 bits per heavy atom. The van der Waals surface area contributed by atoms with Crippen LogP contribution in [-0.2, 0) is 13.0 Å². The van der Waals surface area contributed by atoms with Crippen LogP contribution in [0.5, 0.6) is 0 Å². The minimum atomic E-state index is -0.689. The van der Waals surface area contributed by atoms with Crippen LogP contribution in [0.4, 0.5) is 4.39 Å². The number of alkyl halides is 1. The summed E-state index contributed by atoms with van der Waals surface area (Å²) in [7, 11) is 0. The van der Waals surface area contributed by atoms with E-state index in [-0.39, 0.29) is 5.03 Å². The van der Waals surface area contributed by atoms with Gasteiger partial charge < -0.3 is 4.98 Å². The zero-order chi connectivity index (χ0) is 28.6. The van der Waals surface area contributed by atoms with Gasteiger partial charge in [0.2, 0.25) is 0 Å². The molecule has 0 radical (unpaired) electrons. The first-order valence-electron chi connectivity index (χ1n) is 14.4. The average Bonchev–Trinajstić information content (AvgIpc) is 3.37. The van der Waals surface area contributed by atoms with Gasteiger partial charge in [-0.1, -0.05) is 78.3 Å². The number of nitriles is 1. The van der Waals surface area contributed by atoms with E-state index in [1.54, 1.807) is 6.08 Å². The first-order valence-corrected chi connectivity index (χ1v) is 14.7. The fraction of sp³-hybridized carbons (Fsp3) is 0.314. The summed E-state index contributed by atoms with van der Waals surface area (Å²) in [6.07, 6.45) is 5.70. The lowest BCUT2D eigenvalue weighted by Crippen LogP contribution is -2.35. The van der Waals surface area contributed by atoms with Crippen LogP contribution in [0, 0.1) is 24.2 Å². The first kappa shape index (κ1) is 28.8. The number of hydrogen-bond acceptors (Lipinski definition) is 3. The smallest absolute Gasteiger partial charge is 0.125 e. The van der Waals surface area contributed by atoms with E-state index >= 15 is 0 Å². The molecule has 0 bridgehead atoms. The van der Waals surface area contributed by atoms with Gasteiger partial charge in [-0.2, -0.15) is 5.26 Å². The van der Waals surface area contributed by atoms with Gasteiger partial charge in [0.05, 0.1) is 22.4 Å². The predicted molar refractivity (Wildman–Crippen MR) is 165 cm³/mol. The molecule has 1 saturated heterocycles. The van der Waals surface area contributed by atoms with Gasteiger partial charge in [-0.05, 0) is 91.6 Å². The highest BCUT2D eigenvalue weighted by Crippen LogP contribution is 2.37. The van der Waals surface area contributed by atoms with Crippen molar-refractivity contribution in [2.75, 3.05) is 19.8 Å². The van der Waals surface area contributed by atoms with Gasteiger partial charge in [-0.3, -0.25) is 4.90 Å². The summed E-state index contributed by atoms with van der Waals surface area (Å²) in [5, 5.41) is 9.47. The molecule has 5 rings (SSSR count). The molecule has 1 atom stereocenters. The Morgan fingerprint density at radius 2 is 1.83 bits per heavy atom. The lowest BCUT2D eigenvalue weighted by Gasteiger charge is -2.36. The molecule has 0 aliphatic carbocycles. The predicted octanol–water partition coefficient (Wildman–Crippen LogP) is 8.43. The lowest BCUT2D eigenvalue weighted by molar-refractivity contribution is 0.159. The third-order valence-electron chi connectivity index (χ3n) is 8.20. The molecule has 1 aromatic heterocycles. The Hall–Kier alpha value is -3.72. The number of H-pyrrole nitrogens is 1. The summed E-state index contributed by atoms with van der Waals surface area (Å²) in [6, 6.07) is 29.6. The average molecular weight is 567 g/mol. The van der Waals surface area contributed by atoms with Crippen LogP contribution in [0.1, 0.15) is 59.1 Å². The normalized spacial score (nSPS) is 15.5. The summed E-state index contributed by atoms with van der Waals surface area (Å²) < 4.78 is 12.9. The number of imidazole rings is 1. The molecule has 3 aromatic carbocycles. The zero-order valence-electron chi connectivity index (χ0n) is 23.5. The van der Waals surface area contributed by atoms with Gasteiger partial charge in [-0.25, -0.2) is 9.37 Å². The largest absolute Gasteiger partial charge is 0.346 e. The van der Waals surface area contributed by atoms with E-state index in [0.29, 0.717) is 23.1 Å². The fourth-order valence-corrected chi connectivity index (χ4v) is 6.10. The standard InChI is InChI=1S/C35H36ClFN4/c1-25-34(21-32(36)22-37)40-35(39-25)15-14-33(30-16-18-41(19-17-30)24-26-6-3-2-4-7-26)29-12-10-28(11-13-29)31-9-5-8-27(20-31)23-38/h2-13,20-21,30,33H,14-19,22,24H2,1H3,(H,39,40)/b32-21+. The van der Waals surface area contributed by atoms with E-state index in [2.05, 4.69) is 76.6 Å². The van der Waals surface area contributed by atoms with Gasteiger partial charge in [0.15, 0.2) is 0 Å². The molecule has 0 saturated carbocycles. The molecule has 1 fully saturated rings. The lowest BCUT2D eigenvalue weighted by atomic mass is 9.77. The first-order chi connectivity index (χ1) is 20.0. The maximum Gasteiger partial charge on any atom is 0.125 e. The van der Waals surface area contributed by atoms with Crippen LogP contribution in [0.15, 0.2) is 83.9 Å². The van der Waals surface area contributed by atoms with E-state index in [9.17, 15) is 9.65 Å². The van der Waals surface area contributed by atoms with Crippen LogP contribution in [0.25, 0.3) is 17.2 Å². The molecular formula is C35H36ClFN4. The van der Waals surface area contributed by atoms with Gasteiger partial charge in [0.1, 0.15) is 12.5 Å². The van der Waals surface area contributed by atoms with Crippen molar-refractivity contribution in [3.8, 4) is 17.2 Å². The van der Waals surface area contributed by atoms with Gasteiger partial charge in [-0.15, -0.1) is 0 Å². The molecule has 1 aliphatic rings. The van der Waals surface area contributed by atoms with Crippen molar-refractivity contribution in [3.63, 3.8) is 0 Å².